The van der Waals surface area contributed by atoms with E-state index in [4.69, 9.17) is 0 Å². The van der Waals surface area contributed by atoms with Crippen LogP contribution in [0.15, 0.2) is 64.9 Å². The minimum Gasteiger partial charge on any atom is -0.325 e. The average molecular weight is 473 g/mol. The first-order valence-corrected chi connectivity index (χ1v) is 12.6. The standard InChI is InChI=1S/C23H28N4O3S2/c1-15(2)26-32(29,30)21-10-7-19(8-11-21)25-22(28)18(5)31-23-24-12-13-27(23)20-9-6-16(3)17(4)14-20/h6-15,18,26H,1-5H3,(H,25,28). The summed E-state index contributed by atoms with van der Waals surface area (Å²) >= 11 is 1.36. The maximum atomic E-state index is 12.7. The number of amides is 1. The molecule has 0 spiro atoms. The zero-order valence-electron chi connectivity index (χ0n) is 18.8. The Bertz CT molecular complexity index is 1200. The Kier molecular flexibility index (Phi) is 7.43. The molecule has 170 valence electrons. The zero-order valence-corrected chi connectivity index (χ0v) is 20.4. The largest absolute Gasteiger partial charge is 0.325 e. The second-order valence-corrected chi connectivity index (χ2v) is 10.9. The number of sulfonamides is 1. The Morgan fingerprint density at radius 3 is 2.34 bits per heavy atom. The number of aryl methyl sites for hydroxylation is 2. The SMILES string of the molecule is Cc1ccc(-n2ccnc2SC(C)C(=O)Nc2ccc(S(=O)(=O)NC(C)C)cc2)cc1C. The number of rotatable bonds is 8. The fourth-order valence-corrected chi connectivity index (χ4v) is 5.13. The predicted molar refractivity (Wildman–Crippen MR) is 129 cm³/mol. The van der Waals surface area contributed by atoms with Crippen molar-refractivity contribution in [2.24, 2.45) is 0 Å². The maximum absolute atomic E-state index is 12.7. The Morgan fingerprint density at radius 1 is 1.03 bits per heavy atom. The van der Waals surface area contributed by atoms with Crippen LogP contribution in [-0.4, -0.2) is 35.2 Å². The third-order valence-corrected chi connectivity index (χ3v) is 7.60. The topological polar surface area (TPSA) is 93.1 Å². The molecule has 7 nitrogen and oxygen atoms in total. The first kappa shape index (κ1) is 24.0. The Hall–Kier alpha value is -2.62. The summed E-state index contributed by atoms with van der Waals surface area (Å²) in [4.78, 5) is 17.3. The lowest BCUT2D eigenvalue weighted by atomic mass is 10.1. The molecule has 32 heavy (non-hydrogen) atoms. The maximum Gasteiger partial charge on any atom is 0.240 e. The number of hydrogen-bond acceptors (Lipinski definition) is 5. The molecule has 1 heterocycles. The van der Waals surface area contributed by atoms with Crippen LogP contribution in [-0.2, 0) is 14.8 Å². The van der Waals surface area contributed by atoms with Crippen LogP contribution in [0.2, 0.25) is 0 Å². The van der Waals surface area contributed by atoms with Gasteiger partial charge in [0.25, 0.3) is 0 Å². The summed E-state index contributed by atoms with van der Waals surface area (Å²) in [5.74, 6) is -0.194. The summed E-state index contributed by atoms with van der Waals surface area (Å²) in [6, 6.07) is 12.1. The van der Waals surface area contributed by atoms with E-state index in [9.17, 15) is 13.2 Å². The molecule has 1 atom stereocenters. The second-order valence-electron chi connectivity index (χ2n) is 7.90. The van der Waals surface area contributed by atoms with Gasteiger partial charge >= 0.3 is 0 Å². The van der Waals surface area contributed by atoms with Crippen LogP contribution in [0, 0.1) is 13.8 Å². The highest BCUT2D eigenvalue weighted by Gasteiger charge is 2.19. The Labute approximate surface area is 193 Å². The van der Waals surface area contributed by atoms with Gasteiger partial charge in [0.15, 0.2) is 5.16 Å². The molecule has 0 bridgehead atoms. The molecule has 1 unspecified atom stereocenters. The number of imidazole rings is 1. The van der Waals surface area contributed by atoms with Crippen molar-refractivity contribution in [3.8, 4) is 5.69 Å². The molecule has 0 aliphatic heterocycles. The van der Waals surface area contributed by atoms with Gasteiger partial charge in [-0.05, 0) is 82.1 Å². The van der Waals surface area contributed by atoms with Gasteiger partial charge < -0.3 is 5.32 Å². The van der Waals surface area contributed by atoms with Crippen LogP contribution in [0.25, 0.3) is 5.69 Å². The normalized spacial score (nSPS) is 12.7. The number of benzene rings is 2. The third-order valence-electron chi connectivity index (χ3n) is 4.85. The molecular weight excluding hydrogens is 444 g/mol. The van der Waals surface area contributed by atoms with E-state index in [2.05, 4.69) is 41.0 Å². The first-order chi connectivity index (χ1) is 15.1. The molecule has 0 aliphatic carbocycles. The van der Waals surface area contributed by atoms with Crippen LogP contribution >= 0.6 is 11.8 Å². The van der Waals surface area contributed by atoms with Crippen LogP contribution in [0.3, 0.4) is 0 Å². The molecule has 2 aromatic carbocycles. The van der Waals surface area contributed by atoms with Gasteiger partial charge in [0.2, 0.25) is 15.9 Å². The summed E-state index contributed by atoms with van der Waals surface area (Å²) in [5, 5.41) is 3.15. The predicted octanol–water partition coefficient (Wildman–Crippen LogP) is 4.30. The Balaban J connectivity index is 1.67. The smallest absolute Gasteiger partial charge is 0.240 e. The lowest BCUT2D eigenvalue weighted by Crippen LogP contribution is -2.30. The van der Waals surface area contributed by atoms with Crippen molar-refractivity contribution >= 4 is 33.4 Å². The highest BCUT2D eigenvalue weighted by atomic mass is 32.2. The number of nitrogens with one attached hydrogen (secondary N) is 2. The van der Waals surface area contributed by atoms with Gasteiger partial charge in [0.1, 0.15) is 0 Å². The van der Waals surface area contributed by atoms with Crippen molar-refractivity contribution in [2.45, 2.75) is 56.0 Å². The van der Waals surface area contributed by atoms with E-state index in [0.29, 0.717) is 5.69 Å². The molecule has 0 fully saturated rings. The van der Waals surface area contributed by atoms with Crippen molar-refractivity contribution in [3.63, 3.8) is 0 Å². The van der Waals surface area contributed by atoms with Gasteiger partial charge in [-0.2, -0.15) is 0 Å². The van der Waals surface area contributed by atoms with E-state index in [1.807, 2.05) is 23.8 Å². The minimum atomic E-state index is -3.57. The Morgan fingerprint density at radius 2 is 1.72 bits per heavy atom. The van der Waals surface area contributed by atoms with Gasteiger partial charge in [-0.15, -0.1) is 0 Å². The van der Waals surface area contributed by atoms with Crippen LogP contribution < -0.4 is 10.0 Å². The van der Waals surface area contributed by atoms with E-state index in [0.717, 1.165) is 10.8 Å². The van der Waals surface area contributed by atoms with Crippen molar-refractivity contribution in [1.29, 1.82) is 0 Å². The van der Waals surface area contributed by atoms with Crippen LogP contribution in [0.4, 0.5) is 5.69 Å². The second kappa shape index (κ2) is 9.89. The number of hydrogen-bond donors (Lipinski definition) is 2. The molecule has 0 radical (unpaired) electrons. The molecule has 0 aliphatic rings. The molecule has 0 saturated heterocycles. The van der Waals surface area contributed by atoms with Crippen molar-refractivity contribution < 1.29 is 13.2 Å². The molecule has 1 amide bonds. The number of carbonyl (C=O) groups excluding carboxylic acids is 1. The first-order valence-electron chi connectivity index (χ1n) is 10.3. The lowest BCUT2D eigenvalue weighted by molar-refractivity contribution is -0.115. The zero-order chi connectivity index (χ0) is 23.5. The summed E-state index contributed by atoms with van der Waals surface area (Å²) in [6.07, 6.45) is 3.59. The van der Waals surface area contributed by atoms with Gasteiger partial charge in [-0.1, -0.05) is 17.8 Å². The van der Waals surface area contributed by atoms with Crippen molar-refractivity contribution in [3.05, 3.63) is 66.0 Å². The molecule has 0 saturated carbocycles. The molecule has 3 aromatic rings. The number of thioether (sulfide) groups is 1. The highest BCUT2D eigenvalue weighted by Crippen LogP contribution is 2.26. The number of anilines is 1. The summed E-state index contributed by atoms with van der Waals surface area (Å²) < 4.78 is 29.0. The minimum absolute atomic E-state index is 0.155. The summed E-state index contributed by atoms with van der Waals surface area (Å²) in [7, 11) is -3.57. The summed E-state index contributed by atoms with van der Waals surface area (Å²) in [6.45, 7) is 9.46. The van der Waals surface area contributed by atoms with Crippen molar-refractivity contribution in [2.75, 3.05) is 5.32 Å². The fraction of sp³-hybridized carbons (Fsp3) is 0.304. The number of nitrogens with zero attached hydrogens (tertiary/aromatic N) is 2. The van der Waals surface area contributed by atoms with Crippen LogP contribution in [0.5, 0.6) is 0 Å². The number of aromatic nitrogens is 2. The average Bonchev–Trinajstić information content (AvgIpc) is 3.17. The van der Waals surface area contributed by atoms with Gasteiger partial charge in [0, 0.05) is 29.8 Å². The third kappa shape index (κ3) is 5.79. The molecule has 9 heteroatoms. The highest BCUT2D eigenvalue weighted by molar-refractivity contribution is 8.00. The quantitative estimate of drug-likeness (QED) is 0.477. The van der Waals surface area contributed by atoms with Gasteiger partial charge in [-0.3, -0.25) is 9.36 Å². The molecule has 2 N–H and O–H groups in total. The lowest BCUT2D eigenvalue weighted by Gasteiger charge is -2.14. The van der Waals surface area contributed by atoms with Crippen LogP contribution in [0.1, 0.15) is 31.9 Å². The van der Waals surface area contributed by atoms with E-state index in [1.165, 1.54) is 35.0 Å². The fourth-order valence-electron chi connectivity index (χ4n) is 3.00. The van der Waals surface area contributed by atoms with Gasteiger partial charge in [0.05, 0.1) is 10.1 Å². The van der Waals surface area contributed by atoms with E-state index < -0.39 is 15.3 Å². The van der Waals surface area contributed by atoms with Gasteiger partial charge in [-0.25, -0.2) is 18.1 Å². The summed E-state index contributed by atoms with van der Waals surface area (Å²) in [5.41, 5.74) is 3.93. The number of carbonyl (C=O) groups is 1. The van der Waals surface area contributed by atoms with E-state index >= 15 is 0 Å². The molecule has 3 rings (SSSR count). The monoisotopic (exact) mass is 472 g/mol. The molecule has 1 aromatic heterocycles. The molecular formula is C23H28N4O3S2. The van der Waals surface area contributed by atoms with E-state index in [1.54, 1.807) is 32.2 Å². The van der Waals surface area contributed by atoms with E-state index in [-0.39, 0.29) is 16.8 Å². The van der Waals surface area contributed by atoms with Crippen molar-refractivity contribution in [1.82, 2.24) is 14.3 Å².